The molecule has 1 aromatic heterocycles. The van der Waals surface area contributed by atoms with Gasteiger partial charge in [-0.25, -0.2) is 4.79 Å². The van der Waals surface area contributed by atoms with Gasteiger partial charge in [-0.3, -0.25) is 0 Å². The summed E-state index contributed by atoms with van der Waals surface area (Å²) in [5.74, 6) is 1.14. The highest BCUT2D eigenvalue weighted by Gasteiger charge is 2.23. The molecular formula is C17H22N2O2. The minimum Gasteiger partial charge on any atom is -0.406 e. The Balaban J connectivity index is 2.24. The minimum absolute atomic E-state index is 0.230. The van der Waals surface area contributed by atoms with Gasteiger partial charge in [0.15, 0.2) is 0 Å². The van der Waals surface area contributed by atoms with E-state index < -0.39 is 0 Å². The van der Waals surface area contributed by atoms with E-state index in [4.69, 9.17) is 4.42 Å². The second-order valence-corrected chi connectivity index (χ2v) is 5.70. The van der Waals surface area contributed by atoms with Crippen molar-refractivity contribution in [2.75, 3.05) is 31.1 Å². The second-order valence-electron chi connectivity index (χ2n) is 5.70. The average molecular weight is 286 g/mol. The van der Waals surface area contributed by atoms with Crippen molar-refractivity contribution in [3.05, 3.63) is 40.2 Å². The number of hydrogen-bond donors (Lipinski definition) is 1. The van der Waals surface area contributed by atoms with E-state index in [0.29, 0.717) is 11.3 Å². The van der Waals surface area contributed by atoms with Crippen LogP contribution in [0.1, 0.15) is 31.7 Å². The van der Waals surface area contributed by atoms with Gasteiger partial charge in [-0.1, -0.05) is 32.0 Å². The molecule has 4 heteroatoms. The summed E-state index contributed by atoms with van der Waals surface area (Å²) in [6.45, 7) is 7.99. The Labute approximate surface area is 124 Å². The van der Waals surface area contributed by atoms with Crippen LogP contribution in [0.25, 0.3) is 10.8 Å². The maximum atomic E-state index is 12.3. The van der Waals surface area contributed by atoms with Crippen LogP contribution in [0.2, 0.25) is 0 Å². The van der Waals surface area contributed by atoms with Gasteiger partial charge >= 0.3 is 5.63 Å². The smallest absolute Gasteiger partial charge is 0.345 e. The summed E-state index contributed by atoms with van der Waals surface area (Å²) in [6.07, 6.45) is 1.02. The van der Waals surface area contributed by atoms with E-state index in [0.717, 1.165) is 43.9 Å². The number of nitrogens with one attached hydrogen (secondary N) is 1. The highest BCUT2D eigenvalue weighted by molar-refractivity contribution is 5.88. The lowest BCUT2D eigenvalue weighted by molar-refractivity contribution is 0.470. The van der Waals surface area contributed by atoms with Crippen molar-refractivity contribution in [1.29, 1.82) is 0 Å². The zero-order chi connectivity index (χ0) is 14.8. The van der Waals surface area contributed by atoms with Crippen LogP contribution < -0.4 is 15.8 Å². The number of anilines is 1. The summed E-state index contributed by atoms with van der Waals surface area (Å²) in [7, 11) is 0. The summed E-state index contributed by atoms with van der Waals surface area (Å²) >= 11 is 0. The van der Waals surface area contributed by atoms with Crippen molar-refractivity contribution in [3.8, 4) is 0 Å². The largest absolute Gasteiger partial charge is 0.406 e. The van der Waals surface area contributed by atoms with Crippen LogP contribution in [0.3, 0.4) is 0 Å². The molecule has 0 aliphatic carbocycles. The van der Waals surface area contributed by atoms with Gasteiger partial charge < -0.3 is 14.6 Å². The molecule has 0 saturated carbocycles. The standard InChI is InChI=1S/C17H22N2O2/c1-3-12(2)15-13-6-4-5-7-14(13)17(20)21-16(15)19-10-8-18-9-11-19/h4-7,12,18H,3,8-11H2,1-2H3. The first-order valence-electron chi connectivity index (χ1n) is 7.73. The van der Waals surface area contributed by atoms with Crippen LogP contribution in [-0.2, 0) is 0 Å². The van der Waals surface area contributed by atoms with Crippen LogP contribution in [0, 0.1) is 0 Å². The summed E-state index contributed by atoms with van der Waals surface area (Å²) in [4.78, 5) is 14.5. The predicted octanol–water partition coefficient (Wildman–Crippen LogP) is 2.72. The van der Waals surface area contributed by atoms with E-state index in [-0.39, 0.29) is 5.63 Å². The fourth-order valence-electron chi connectivity index (χ4n) is 2.99. The molecule has 0 radical (unpaired) electrons. The molecule has 3 rings (SSSR count). The zero-order valence-corrected chi connectivity index (χ0v) is 12.7. The molecule has 1 unspecified atom stereocenters. The van der Waals surface area contributed by atoms with Gasteiger partial charge in [0.05, 0.1) is 5.39 Å². The quantitative estimate of drug-likeness (QED) is 0.942. The third-order valence-corrected chi connectivity index (χ3v) is 4.37. The summed E-state index contributed by atoms with van der Waals surface area (Å²) in [5, 5.41) is 5.06. The van der Waals surface area contributed by atoms with E-state index in [1.54, 1.807) is 0 Å². The number of benzene rings is 1. The third kappa shape index (κ3) is 2.56. The van der Waals surface area contributed by atoms with E-state index in [9.17, 15) is 4.79 Å². The molecule has 0 bridgehead atoms. The maximum absolute atomic E-state index is 12.3. The summed E-state index contributed by atoms with van der Waals surface area (Å²) in [5.41, 5.74) is 0.945. The number of fused-ring (bicyclic) bond motifs is 1. The average Bonchev–Trinajstić information content (AvgIpc) is 2.55. The first-order chi connectivity index (χ1) is 10.2. The number of rotatable bonds is 3. The molecule has 0 spiro atoms. The molecule has 1 saturated heterocycles. The van der Waals surface area contributed by atoms with Gasteiger partial charge in [0, 0.05) is 31.7 Å². The third-order valence-electron chi connectivity index (χ3n) is 4.37. The minimum atomic E-state index is -0.230. The van der Waals surface area contributed by atoms with Gasteiger partial charge in [-0.05, 0) is 23.8 Å². The Kier molecular flexibility index (Phi) is 3.97. The highest BCUT2D eigenvalue weighted by atomic mass is 16.4. The fraction of sp³-hybridized carbons (Fsp3) is 0.471. The lowest BCUT2D eigenvalue weighted by atomic mass is 9.94. The Morgan fingerprint density at radius 3 is 2.57 bits per heavy atom. The van der Waals surface area contributed by atoms with Gasteiger partial charge in [0.1, 0.15) is 0 Å². The van der Waals surface area contributed by atoms with Crippen molar-refractivity contribution in [3.63, 3.8) is 0 Å². The molecule has 1 atom stereocenters. The molecule has 1 aliphatic rings. The summed E-state index contributed by atoms with van der Waals surface area (Å²) in [6, 6.07) is 7.79. The zero-order valence-electron chi connectivity index (χ0n) is 12.7. The number of nitrogens with zero attached hydrogens (tertiary/aromatic N) is 1. The van der Waals surface area contributed by atoms with E-state index >= 15 is 0 Å². The Morgan fingerprint density at radius 1 is 1.24 bits per heavy atom. The predicted molar refractivity (Wildman–Crippen MR) is 86.3 cm³/mol. The maximum Gasteiger partial charge on any atom is 0.345 e. The SMILES string of the molecule is CCC(C)c1c(N2CCNCC2)oc(=O)c2ccccc12. The molecule has 1 aromatic carbocycles. The Bertz CT molecular complexity index is 687. The van der Waals surface area contributed by atoms with E-state index in [1.165, 1.54) is 5.56 Å². The van der Waals surface area contributed by atoms with Crippen molar-refractivity contribution in [2.45, 2.75) is 26.2 Å². The van der Waals surface area contributed by atoms with Crippen LogP contribution in [-0.4, -0.2) is 26.2 Å². The molecule has 4 nitrogen and oxygen atoms in total. The van der Waals surface area contributed by atoms with Crippen LogP contribution in [0.5, 0.6) is 0 Å². The number of piperazine rings is 1. The van der Waals surface area contributed by atoms with Gasteiger partial charge in [0.2, 0.25) is 5.88 Å². The number of hydrogen-bond acceptors (Lipinski definition) is 4. The monoisotopic (exact) mass is 286 g/mol. The molecule has 2 aromatic rings. The van der Waals surface area contributed by atoms with Gasteiger partial charge in [0.25, 0.3) is 0 Å². The molecule has 2 heterocycles. The van der Waals surface area contributed by atoms with Crippen molar-refractivity contribution < 1.29 is 4.42 Å². The lowest BCUT2D eigenvalue weighted by Crippen LogP contribution is -2.44. The molecule has 0 amide bonds. The summed E-state index contributed by atoms with van der Waals surface area (Å²) < 4.78 is 5.73. The van der Waals surface area contributed by atoms with Crippen LogP contribution in [0.15, 0.2) is 33.5 Å². The first-order valence-corrected chi connectivity index (χ1v) is 7.73. The normalized spacial score (nSPS) is 17.1. The first kappa shape index (κ1) is 14.1. The van der Waals surface area contributed by atoms with Crippen LogP contribution >= 0.6 is 0 Å². The van der Waals surface area contributed by atoms with Crippen molar-refractivity contribution >= 4 is 16.7 Å². The van der Waals surface area contributed by atoms with E-state index in [2.05, 4.69) is 24.1 Å². The van der Waals surface area contributed by atoms with Gasteiger partial charge in [-0.2, -0.15) is 0 Å². The highest BCUT2D eigenvalue weighted by Crippen LogP contribution is 2.34. The van der Waals surface area contributed by atoms with Gasteiger partial charge in [-0.15, -0.1) is 0 Å². The van der Waals surface area contributed by atoms with E-state index in [1.807, 2.05) is 24.3 Å². The Hall–Kier alpha value is -1.81. The molecule has 112 valence electrons. The van der Waals surface area contributed by atoms with Crippen molar-refractivity contribution in [1.82, 2.24) is 5.32 Å². The molecule has 1 fully saturated rings. The molecule has 1 aliphatic heterocycles. The van der Waals surface area contributed by atoms with Crippen LogP contribution in [0.4, 0.5) is 5.88 Å². The van der Waals surface area contributed by atoms with Crippen molar-refractivity contribution in [2.24, 2.45) is 0 Å². The fourth-order valence-corrected chi connectivity index (χ4v) is 2.99. The second kappa shape index (κ2) is 5.90. The topological polar surface area (TPSA) is 45.5 Å². The Morgan fingerprint density at radius 2 is 1.90 bits per heavy atom. The molecular weight excluding hydrogens is 264 g/mol. The lowest BCUT2D eigenvalue weighted by Gasteiger charge is -2.30. The molecule has 21 heavy (non-hydrogen) atoms. The molecule has 1 N–H and O–H groups in total.